The maximum absolute atomic E-state index is 11.4. The van der Waals surface area contributed by atoms with E-state index >= 15 is 0 Å². The molecule has 2 aromatic carbocycles. The number of nitrogens with one attached hydrogen (secondary N) is 1. The van der Waals surface area contributed by atoms with Gasteiger partial charge in [0, 0.05) is 15.2 Å². The van der Waals surface area contributed by atoms with Gasteiger partial charge in [0.25, 0.3) is 5.91 Å². The van der Waals surface area contributed by atoms with Gasteiger partial charge in [0.1, 0.15) is 0 Å². The zero-order chi connectivity index (χ0) is 14.9. The van der Waals surface area contributed by atoms with Crippen LogP contribution in [0.3, 0.4) is 0 Å². The number of rotatable bonds is 3. The van der Waals surface area contributed by atoms with Gasteiger partial charge in [-0.25, -0.2) is 0 Å². The number of carbonyl (C=O) groups is 1. The van der Waals surface area contributed by atoms with E-state index in [9.17, 15) is 4.79 Å². The molecule has 20 heavy (non-hydrogen) atoms. The minimum atomic E-state index is -0.526. The largest absolute Gasteiger partial charge is 0.399 e. The molecule has 0 bridgehead atoms. The first-order chi connectivity index (χ1) is 9.38. The Morgan fingerprint density at radius 2 is 1.95 bits per heavy atom. The standard InChI is InChI=1S/C14H13BrClN3O/c1-7-4-10(15)13(6-11(7)16)19-12-5-8(17)2-3-9(12)14(18)20/h2-6,19H,17H2,1H3,(H2,18,20). The van der Waals surface area contributed by atoms with Crippen molar-refractivity contribution in [3.63, 3.8) is 0 Å². The summed E-state index contributed by atoms with van der Waals surface area (Å²) in [5, 5.41) is 3.74. The molecule has 0 saturated heterocycles. The fourth-order valence-electron chi connectivity index (χ4n) is 1.77. The number of primary amides is 1. The van der Waals surface area contributed by atoms with Crippen LogP contribution < -0.4 is 16.8 Å². The Morgan fingerprint density at radius 1 is 1.25 bits per heavy atom. The molecule has 1 amide bonds. The molecule has 0 aromatic heterocycles. The molecular weight excluding hydrogens is 342 g/mol. The van der Waals surface area contributed by atoms with Crippen molar-refractivity contribution in [2.45, 2.75) is 6.92 Å². The second-order valence-corrected chi connectivity index (χ2v) is 5.64. The van der Waals surface area contributed by atoms with Gasteiger partial charge in [0.15, 0.2) is 0 Å². The molecule has 5 N–H and O–H groups in total. The first-order valence-electron chi connectivity index (χ1n) is 5.80. The zero-order valence-electron chi connectivity index (χ0n) is 10.7. The summed E-state index contributed by atoms with van der Waals surface area (Å²) in [5.74, 6) is -0.526. The van der Waals surface area contributed by atoms with Crippen molar-refractivity contribution >= 4 is 50.5 Å². The zero-order valence-corrected chi connectivity index (χ0v) is 13.0. The van der Waals surface area contributed by atoms with Gasteiger partial charge in [-0.3, -0.25) is 4.79 Å². The lowest BCUT2D eigenvalue weighted by molar-refractivity contribution is 0.100. The Bertz CT molecular complexity index is 688. The molecule has 0 atom stereocenters. The van der Waals surface area contributed by atoms with Crippen molar-refractivity contribution in [3.05, 3.63) is 51.0 Å². The van der Waals surface area contributed by atoms with Crippen LogP contribution in [0.4, 0.5) is 17.1 Å². The number of hydrogen-bond acceptors (Lipinski definition) is 3. The summed E-state index contributed by atoms with van der Waals surface area (Å²) >= 11 is 9.56. The summed E-state index contributed by atoms with van der Waals surface area (Å²) < 4.78 is 0.831. The van der Waals surface area contributed by atoms with Gasteiger partial charge in [-0.1, -0.05) is 11.6 Å². The molecule has 0 fully saturated rings. The smallest absolute Gasteiger partial charge is 0.250 e. The van der Waals surface area contributed by atoms with Crippen molar-refractivity contribution in [3.8, 4) is 0 Å². The number of hydrogen-bond donors (Lipinski definition) is 3. The summed E-state index contributed by atoms with van der Waals surface area (Å²) in [6.07, 6.45) is 0. The van der Waals surface area contributed by atoms with E-state index in [-0.39, 0.29) is 0 Å². The number of nitrogen functional groups attached to an aromatic ring is 1. The van der Waals surface area contributed by atoms with Gasteiger partial charge in [0.2, 0.25) is 0 Å². The Kier molecular flexibility index (Phi) is 4.20. The predicted molar refractivity (Wildman–Crippen MR) is 86.5 cm³/mol. The molecule has 0 aliphatic heterocycles. The summed E-state index contributed by atoms with van der Waals surface area (Å²) in [7, 11) is 0. The summed E-state index contributed by atoms with van der Waals surface area (Å²) in [5.41, 5.74) is 14.2. The lowest BCUT2D eigenvalue weighted by atomic mass is 10.1. The molecule has 4 nitrogen and oxygen atoms in total. The summed E-state index contributed by atoms with van der Waals surface area (Å²) in [6.45, 7) is 1.91. The lowest BCUT2D eigenvalue weighted by Gasteiger charge is -2.13. The van der Waals surface area contributed by atoms with Crippen LogP contribution >= 0.6 is 27.5 Å². The molecule has 0 saturated carbocycles. The fourth-order valence-corrected chi connectivity index (χ4v) is 2.49. The average Bonchev–Trinajstić information content (AvgIpc) is 2.35. The monoisotopic (exact) mass is 353 g/mol. The maximum atomic E-state index is 11.4. The van der Waals surface area contributed by atoms with Gasteiger partial charge < -0.3 is 16.8 Å². The number of amides is 1. The van der Waals surface area contributed by atoms with Crippen LogP contribution in [0.2, 0.25) is 5.02 Å². The molecule has 0 radical (unpaired) electrons. The van der Waals surface area contributed by atoms with Crippen LogP contribution in [-0.2, 0) is 0 Å². The first kappa shape index (κ1) is 14.7. The maximum Gasteiger partial charge on any atom is 0.250 e. The highest BCUT2D eigenvalue weighted by atomic mass is 79.9. The van der Waals surface area contributed by atoms with Crippen LogP contribution in [0.5, 0.6) is 0 Å². The van der Waals surface area contributed by atoms with E-state index in [0.717, 1.165) is 15.7 Å². The number of halogens is 2. The molecule has 104 valence electrons. The van der Waals surface area contributed by atoms with E-state index in [1.165, 1.54) is 0 Å². The van der Waals surface area contributed by atoms with E-state index in [2.05, 4.69) is 21.2 Å². The molecular formula is C14H13BrClN3O. The highest BCUT2D eigenvalue weighted by Gasteiger charge is 2.11. The number of anilines is 3. The van der Waals surface area contributed by atoms with Gasteiger partial charge in [-0.05, 0) is 58.7 Å². The Morgan fingerprint density at radius 3 is 2.60 bits per heavy atom. The van der Waals surface area contributed by atoms with E-state index in [1.807, 2.05) is 13.0 Å². The third-order valence-corrected chi connectivity index (χ3v) is 3.89. The van der Waals surface area contributed by atoms with Crippen LogP contribution in [0.25, 0.3) is 0 Å². The Labute approximate surface area is 130 Å². The van der Waals surface area contributed by atoms with Crippen molar-refractivity contribution in [1.82, 2.24) is 0 Å². The van der Waals surface area contributed by atoms with Crippen molar-refractivity contribution < 1.29 is 4.79 Å². The number of aryl methyl sites for hydroxylation is 1. The van der Waals surface area contributed by atoms with E-state index in [4.69, 9.17) is 23.1 Å². The van der Waals surface area contributed by atoms with Gasteiger partial charge >= 0.3 is 0 Å². The van der Waals surface area contributed by atoms with Crippen molar-refractivity contribution in [1.29, 1.82) is 0 Å². The molecule has 6 heteroatoms. The van der Waals surface area contributed by atoms with E-state index in [1.54, 1.807) is 24.3 Å². The minimum Gasteiger partial charge on any atom is -0.399 e. The molecule has 2 rings (SSSR count). The average molecular weight is 355 g/mol. The quantitative estimate of drug-likeness (QED) is 0.733. The Balaban J connectivity index is 2.47. The number of carbonyl (C=O) groups excluding carboxylic acids is 1. The highest BCUT2D eigenvalue weighted by molar-refractivity contribution is 9.10. The fraction of sp³-hybridized carbons (Fsp3) is 0.0714. The van der Waals surface area contributed by atoms with E-state index < -0.39 is 5.91 Å². The third kappa shape index (κ3) is 3.05. The van der Waals surface area contributed by atoms with Crippen LogP contribution in [-0.4, -0.2) is 5.91 Å². The molecule has 0 spiro atoms. The third-order valence-electron chi connectivity index (χ3n) is 2.83. The van der Waals surface area contributed by atoms with E-state index in [0.29, 0.717) is 22.0 Å². The number of benzene rings is 2. The molecule has 0 heterocycles. The normalized spacial score (nSPS) is 10.3. The molecule has 0 unspecified atom stereocenters. The molecule has 0 aliphatic carbocycles. The van der Waals surface area contributed by atoms with Gasteiger partial charge in [-0.15, -0.1) is 0 Å². The topological polar surface area (TPSA) is 81.1 Å². The predicted octanol–water partition coefficient (Wildman–Crippen LogP) is 3.84. The van der Waals surface area contributed by atoms with Crippen LogP contribution in [0, 0.1) is 6.92 Å². The molecule has 0 aliphatic rings. The lowest BCUT2D eigenvalue weighted by Crippen LogP contribution is -2.13. The minimum absolute atomic E-state index is 0.364. The van der Waals surface area contributed by atoms with Crippen molar-refractivity contribution in [2.75, 3.05) is 11.1 Å². The number of nitrogens with two attached hydrogens (primary N) is 2. The second-order valence-electron chi connectivity index (χ2n) is 4.38. The Hall–Kier alpha value is -1.72. The SMILES string of the molecule is Cc1cc(Br)c(Nc2cc(N)ccc2C(N)=O)cc1Cl. The van der Waals surface area contributed by atoms with Crippen LogP contribution in [0.15, 0.2) is 34.8 Å². The van der Waals surface area contributed by atoms with Crippen molar-refractivity contribution in [2.24, 2.45) is 5.73 Å². The van der Waals surface area contributed by atoms with Crippen LogP contribution in [0.1, 0.15) is 15.9 Å². The summed E-state index contributed by atoms with van der Waals surface area (Å²) in [6, 6.07) is 8.53. The molecule has 2 aromatic rings. The van der Waals surface area contributed by atoms with Gasteiger partial charge in [0.05, 0.1) is 16.9 Å². The van der Waals surface area contributed by atoms with Gasteiger partial charge in [-0.2, -0.15) is 0 Å². The first-order valence-corrected chi connectivity index (χ1v) is 6.97. The highest BCUT2D eigenvalue weighted by Crippen LogP contribution is 2.32. The summed E-state index contributed by atoms with van der Waals surface area (Å²) in [4.78, 5) is 11.4. The second kappa shape index (κ2) is 5.73.